The number of carbonyl (C=O) groups excluding carboxylic acids is 3. The molecule has 7 nitrogen and oxygen atoms in total. The van der Waals surface area contributed by atoms with Gasteiger partial charge in [0.25, 0.3) is 0 Å². The topological polar surface area (TPSA) is 111 Å². The number of carbonyl (C=O) groups is 3. The summed E-state index contributed by atoms with van der Waals surface area (Å²) < 4.78 is 4.44. The van der Waals surface area contributed by atoms with Gasteiger partial charge in [0, 0.05) is 6.42 Å². The van der Waals surface area contributed by atoms with Gasteiger partial charge in [-0.3, -0.25) is 14.4 Å². The zero-order valence-corrected chi connectivity index (χ0v) is 11.8. The summed E-state index contributed by atoms with van der Waals surface area (Å²) in [5.74, 6) is -1.47. The van der Waals surface area contributed by atoms with Crippen LogP contribution < -0.4 is 16.4 Å². The van der Waals surface area contributed by atoms with E-state index in [4.69, 9.17) is 5.73 Å². The van der Waals surface area contributed by atoms with Crippen molar-refractivity contribution in [3.8, 4) is 0 Å². The van der Waals surface area contributed by atoms with Gasteiger partial charge < -0.3 is 21.1 Å². The molecule has 0 aliphatic heterocycles. The molecule has 1 rings (SSSR count). The van der Waals surface area contributed by atoms with E-state index < -0.39 is 23.8 Å². The Morgan fingerprint density at radius 3 is 2.48 bits per heavy atom. The lowest BCUT2D eigenvalue weighted by molar-refractivity contribution is -0.141. The SMILES string of the molecule is COC(=O)CNC(=O)C(Cc1ccccc1)NC(=O)CN. The lowest BCUT2D eigenvalue weighted by atomic mass is 10.1. The first kappa shape index (κ1) is 16.6. The fourth-order valence-electron chi connectivity index (χ4n) is 1.67. The molecule has 4 N–H and O–H groups in total. The number of methoxy groups -OCH3 is 1. The number of amides is 2. The van der Waals surface area contributed by atoms with Crippen LogP contribution in [-0.2, 0) is 25.5 Å². The second-order valence-electron chi connectivity index (χ2n) is 4.31. The molecule has 1 aromatic rings. The predicted octanol–water partition coefficient (Wildman–Crippen LogP) is -1.04. The summed E-state index contributed by atoms with van der Waals surface area (Å²) in [4.78, 5) is 34.5. The molecule has 0 aliphatic carbocycles. The minimum absolute atomic E-state index is 0.213. The Hall–Kier alpha value is -2.41. The fourth-order valence-corrected chi connectivity index (χ4v) is 1.67. The minimum atomic E-state index is -0.798. The summed E-state index contributed by atoms with van der Waals surface area (Å²) in [5, 5.41) is 4.94. The molecule has 0 radical (unpaired) electrons. The number of ether oxygens (including phenoxy) is 1. The van der Waals surface area contributed by atoms with E-state index in [-0.39, 0.29) is 13.1 Å². The van der Waals surface area contributed by atoms with E-state index in [1.807, 2.05) is 30.3 Å². The molecule has 0 saturated heterocycles. The Morgan fingerprint density at radius 1 is 1.24 bits per heavy atom. The molecule has 0 aromatic heterocycles. The van der Waals surface area contributed by atoms with Gasteiger partial charge in [-0.25, -0.2) is 0 Å². The first-order valence-corrected chi connectivity index (χ1v) is 6.44. The molecule has 0 saturated carbocycles. The second kappa shape index (κ2) is 8.70. The highest BCUT2D eigenvalue weighted by atomic mass is 16.5. The van der Waals surface area contributed by atoms with Crippen molar-refractivity contribution in [1.82, 2.24) is 10.6 Å². The van der Waals surface area contributed by atoms with Crippen LogP contribution in [-0.4, -0.2) is 44.0 Å². The maximum absolute atomic E-state index is 12.0. The van der Waals surface area contributed by atoms with Gasteiger partial charge in [-0.05, 0) is 5.56 Å². The average Bonchev–Trinajstić information content (AvgIpc) is 2.52. The van der Waals surface area contributed by atoms with Gasteiger partial charge in [0.05, 0.1) is 13.7 Å². The smallest absolute Gasteiger partial charge is 0.325 e. The zero-order valence-electron chi connectivity index (χ0n) is 11.8. The Labute approximate surface area is 122 Å². The maximum Gasteiger partial charge on any atom is 0.325 e. The van der Waals surface area contributed by atoms with Gasteiger partial charge in [-0.2, -0.15) is 0 Å². The Balaban J connectivity index is 2.69. The highest BCUT2D eigenvalue weighted by Crippen LogP contribution is 2.03. The van der Waals surface area contributed by atoms with E-state index in [1.165, 1.54) is 7.11 Å². The van der Waals surface area contributed by atoms with Crippen molar-refractivity contribution in [1.29, 1.82) is 0 Å². The van der Waals surface area contributed by atoms with Crippen LogP contribution in [0.3, 0.4) is 0 Å². The fraction of sp³-hybridized carbons (Fsp3) is 0.357. The highest BCUT2D eigenvalue weighted by molar-refractivity contribution is 5.90. The van der Waals surface area contributed by atoms with Crippen molar-refractivity contribution in [3.63, 3.8) is 0 Å². The summed E-state index contributed by atoms with van der Waals surface area (Å²) >= 11 is 0. The van der Waals surface area contributed by atoms with Crippen molar-refractivity contribution in [2.75, 3.05) is 20.2 Å². The monoisotopic (exact) mass is 293 g/mol. The minimum Gasteiger partial charge on any atom is -0.468 e. The molecular formula is C14H19N3O4. The first-order valence-electron chi connectivity index (χ1n) is 6.44. The molecule has 1 unspecified atom stereocenters. The largest absolute Gasteiger partial charge is 0.468 e. The van der Waals surface area contributed by atoms with Crippen molar-refractivity contribution < 1.29 is 19.1 Å². The maximum atomic E-state index is 12.0. The Kier molecular flexibility index (Phi) is 6.90. The normalized spacial score (nSPS) is 11.3. The van der Waals surface area contributed by atoms with Gasteiger partial charge in [0.1, 0.15) is 12.6 Å². The summed E-state index contributed by atoms with van der Waals surface area (Å²) in [6.45, 7) is -0.464. The lowest BCUT2D eigenvalue weighted by Crippen LogP contribution is -2.50. The van der Waals surface area contributed by atoms with Crippen molar-refractivity contribution in [2.45, 2.75) is 12.5 Å². The standard InChI is InChI=1S/C14H19N3O4/c1-21-13(19)9-16-14(20)11(17-12(18)8-15)7-10-5-3-2-4-6-10/h2-6,11H,7-9,15H2,1H3,(H,16,20)(H,17,18). The number of nitrogens with one attached hydrogen (secondary N) is 2. The lowest BCUT2D eigenvalue weighted by Gasteiger charge is -2.18. The Morgan fingerprint density at radius 2 is 1.90 bits per heavy atom. The predicted molar refractivity (Wildman–Crippen MR) is 76.2 cm³/mol. The Bertz CT molecular complexity index is 490. The molecule has 7 heteroatoms. The van der Waals surface area contributed by atoms with Crippen LogP contribution in [0.2, 0.25) is 0 Å². The van der Waals surface area contributed by atoms with Crippen LogP contribution in [0.25, 0.3) is 0 Å². The number of hydrogen-bond acceptors (Lipinski definition) is 5. The summed E-state index contributed by atoms with van der Waals surface area (Å²) in [6.07, 6.45) is 0.305. The van der Waals surface area contributed by atoms with Crippen LogP contribution in [0.4, 0.5) is 0 Å². The van der Waals surface area contributed by atoms with Crippen LogP contribution in [0.1, 0.15) is 5.56 Å². The van der Waals surface area contributed by atoms with Gasteiger partial charge in [-0.1, -0.05) is 30.3 Å². The molecule has 1 aromatic carbocycles. The van der Waals surface area contributed by atoms with E-state index in [2.05, 4.69) is 15.4 Å². The quantitative estimate of drug-likeness (QED) is 0.556. The molecule has 114 valence electrons. The third-order valence-electron chi connectivity index (χ3n) is 2.75. The zero-order chi connectivity index (χ0) is 15.7. The van der Waals surface area contributed by atoms with Crippen LogP contribution in [0.15, 0.2) is 30.3 Å². The third-order valence-corrected chi connectivity index (χ3v) is 2.75. The summed E-state index contributed by atoms with van der Waals surface area (Å²) in [5.41, 5.74) is 6.12. The highest BCUT2D eigenvalue weighted by Gasteiger charge is 2.21. The summed E-state index contributed by atoms with van der Waals surface area (Å²) in [6, 6.07) is 8.42. The van der Waals surface area contributed by atoms with Crippen molar-refractivity contribution in [3.05, 3.63) is 35.9 Å². The van der Waals surface area contributed by atoms with Gasteiger partial charge in [-0.15, -0.1) is 0 Å². The molecule has 0 heterocycles. The van der Waals surface area contributed by atoms with E-state index >= 15 is 0 Å². The molecule has 0 spiro atoms. The van der Waals surface area contributed by atoms with Crippen molar-refractivity contribution in [2.24, 2.45) is 5.73 Å². The van der Waals surface area contributed by atoms with Crippen LogP contribution in [0.5, 0.6) is 0 Å². The molecule has 0 bridgehead atoms. The van der Waals surface area contributed by atoms with E-state index in [0.717, 1.165) is 5.56 Å². The van der Waals surface area contributed by atoms with Gasteiger partial charge >= 0.3 is 5.97 Å². The second-order valence-corrected chi connectivity index (χ2v) is 4.31. The number of rotatable bonds is 7. The van der Waals surface area contributed by atoms with E-state index in [9.17, 15) is 14.4 Å². The number of esters is 1. The van der Waals surface area contributed by atoms with E-state index in [1.54, 1.807) is 0 Å². The molecule has 0 fully saturated rings. The third kappa shape index (κ3) is 6.05. The van der Waals surface area contributed by atoms with Crippen LogP contribution in [0, 0.1) is 0 Å². The number of nitrogens with two attached hydrogens (primary N) is 1. The van der Waals surface area contributed by atoms with Crippen LogP contribution >= 0.6 is 0 Å². The molecule has 2 amide bonds. The number of hydrogen-bond donors (Lipinski definition) is 3. The van der Waals surface area contributed by atoms with E-state index in [0.29, 0.717) is 6.42 Å². The summed E-state index contributed by atoms with van der Waals surface area (Å²) in [7, 11) is 1.23. The van der Waals surface area contributed by atoms with Crippen molar-refractivity contribution >= 4 is 17.8 Å². The molecular weight excluding hydrogens is 274 g/mol. The average molecular weight is 293 g/mol. The molecule has 1 atom stereocenters. The number of benzene rings is 1. The van der Waals surface area contributed by atoms with Gasteiger partial charge in [0.15, 0.2) is 0 Å². The molecule has 21 heavy (non-hydrogen) atoms. The molecule has 0 aliphatic rings. The first-order chi connectivity index (χ1) is 10.1. The van der Waals surface area contributed by atoms with Gasteiger partial charge in [0.2, 0.25) is 11.8 Å².